The fourth-order valence-corrected chi connectivity index (χ4v) is 1.88. The number of Topliss-reactive ketones (excluding diaryl/α,β-unsaturated/α-hetero) is 1. The number of hydrogen-bond acceptors (Lipinski definition) is 2. The Balaban J connectivity index is 2.62. The molecule has 2 aromatic rings. The molecule has 0 spiro atoms. The summed E-state index contributed by atoms with van der Waals surface area (Å²) in [6, 6.07) is 12.8. The molecule has 5 heteroatoms. The maximum absolute atomic E-state index is 12.5. The van der Waals surface area contributed by atoms with Crippen molar-refractivity contribution in [3.05, 3.63) is 54.1 Å². The Bertz CT molecular complexity index is 619. The van der Waals surface area contributed by atoms with E-state index in [-0.39, 0.29) is 11.1 Å². The van der Waals surface area contributed by atoms with Crippen LogP contribution in [0, 0.1) is 0 Å². The normalized spacial score (nSPS) is 11.2. The maximum Gasteiger partial charge on any atom is 0.573 e. The third-order valence-corrected chi connectivity index (χ3v) is 2.70. The van der Waals surface area contributed by atoms with Crippen molar-refractivity contribution in [1.82, 2.24) is 0 Å². The van der Waals surface area contributed by atoms with Crippen molar-refractivity contribution in [2.75, 3.05) is 0 Å². The van der Waals surface area contributed by atoms with Gasteiger partial charge in [0.15, 0.2) is 5.78 Å². The Kier molecular flexibility index (Phi) is 3.79. The summed E-state index contributed by atoms with van der Waals surface area (Å²) in [5.41, 5.74) is 0.689. The highest BCUT2D eigenvalue weighted by atomic mass is 19.4. The van der Waals surface area contributed by atoms with E-state index in [1.807, 2.05) is 0 Å². The highest BCUT2D eigenvalue weighted by molar-refractivity contribution is 5.99. The summed E-state index contributed by atoms with van der Waals surface area (Å²) < 4.78 is 41.7. The second kappa shape index (κ2) is 5.36. The Hall–Kier alpha value is -2.30. The van der Waals surface area contributed by atoms with Crippen molar-refractivity contribution in [3.63, 3.8) is 0 Å². The van der Waals surface area contributed by atoms with Gasteiger partial charge in [-0.05, 0) is 18.6 Å². The molecular weight excluding hydrogens is 269 g/mol. The molecule has 0 atom stereocenters. The van der Waals surface area contributed by atoms with E-state index in [0.29, 0.717) is 5.56 Å². The molecule has 0 saturated carbocycles. The number of ether oxygens (including phenoxy) is 1. The summed E-state index contributed by atoms with van der Waals surface area (Å²) in [6.07, 6.45) is -4.85. The van der Waals surface area contributed by atoms with Gasteiger partial charge in [0.1, 0.15) is 5.75 Å². The lowest BCUT2D eigenvalue weighted by Gasteiger charge is -2.16. The minimum Gasteiger partial charge on any atom is -0.404 e. The predicted octanol–water partition coefficient (Wildman–Crippen LogP) is 4.45. The van der Waals surface area contributed by atoms with Gasteiger partial charge in [-0.1, -0.05) is 42.5 Å². The van der Waals surface area contributed by atoms with E-state index < -0.39 is 17.9 Å². The van der Waals surface area contributed by atoms with E-state index in [1.54, 1.807) is 30.3 Å². The first kappa shape index (κ1) is 14.1. The van der Waals surface area contributed by atoms with Crippen LogP contribution in [0.25, 0.3) is 11.1 Å². The molecule has 0 N–H and O–H groups in total. The van der Waals surface area contributed by atoms with Gasteiger partial charge in [0.25, 0.3) is 0 Å². The average molecular weight is 280 g/mol. The van der Waals surface area contributed by atoms with Crippen molar-refractivity contribution < 1.29 is 22.7 Å². The molecule has 0 unspecified atom stereocenters. The minimum atomic E-state index is -4.85. The molecule has 0 saturated heterocycles. The fourth-order valence-electron chi connectivity index (χ4n) is 1.88. The van der Waals surface area contributed by atoms with Crippen LogP contribution in [0.3, 0.4) is 0 Å². The number of para-hydroxylation sites is 1. The lowest BCUT2D eigenvalue weighted by atomic mass is 10.00. The van der Waals surface area contributed by atoms with Crippen LogP contribution < -0.4 is 4.74 Å². The van der Waals surface area contributed by atoms with Gasteiger partial charge in [-0.15, -0.1) is 13.2 Å². The average Bonchev–Trinajstić information content (AvgIpc) is 2.38. The van der Waals surface area contributed by atoms with Gasteiger partial charge in [-0.25, -0.2) is 0 Å². The number of carbonyl (C=O) groups is 1. The number of hydrogen-bond donors (Lipinski definition) is 0. The van der Waals surface area contributed by atoms with E-state index in [9.17, 15) is 18.0 Å². The van der Waals surface area contributed by atoms with Crippen LogP contribution in [0.5, 0.6) is 5.75 Å². The van der Waals surface area contributed by atoms with Gasteiger partial charge >= 0.3 is 6.36 Å². The Morgan fingerprint density at radius 1 is 1.00 bits per heavy atom. The van der Waals surface area contributed by atoms with Gasteiger partial charge in [-0.3, -0.25) is 4.79 Å². The molecule has 0 bridgehead atoms. The molecule has 0 aliphatic carbocycles. The van der Waals surface area contributed by atoms with Crippen LogP contribution in [-0.2, 0) is 0 Å². The van der Waals surface area contributed by atoms with E-state index in [2.05, 4.69) is 4.74 Å². The van der Waals surface area contributed by atoms with E-state index >= 15 is 0 Å². The summed E-state index contributed by atoms with van der Waals surface area (Å²) in [4.78, 5) is 11.5. The molecule has 104 valence electrons. The molecule has 2 rings (SSSR count). The molecule has 0 aliphatic rings. The molecule has 0 aromatic heterocycles. The van der Waals surface area contributed by atoms with Gasteiger partial charge in [0.05, 0.1) is 5.56 Å². The Morgan fingerprint density at radius 2 is 1.65 bits per heavy atom. The number of carbonyl (C=O) groups excluding carboxylic acids is 1. The fraction of sp³-hybridized carbons (Fsp3) is 0.133. The van der Waals surface area contributed by atoms with Crippen LogP contribution in [0.15, 0.2) is 48.5 Å². The van der Waals surface area contributed by atoms with Crippen molar-refractivity contribution in [3.8, 4) is 16.9 Å². The molecule has 0 amide bonds. The van der Waals surface area contributed by atoms with Crippen molar-refractivity contribution in [2.24, 2.45) is 0 Å². The summed E-state index contributed by atoms with van der Waals surface area (Å²) in [5, 5.41) is 0. The molecule has 2 nitrogen and oxygen atoms in total. The molecule has 0 fully saturated rings. The topological polar surface area (TPSA) is 26.3 Å². The van der Waals surface area contributed by atoms with E-state index in [4.69, 9.17) is 0 Å². The number of alkyl halides is 3. The van der Waals surface area contributed by atoms with Crippen LogP contribution in [-0.4, -0.2) is 12.1 Å². The molecule has 0 aliphatic heterocycles. The van der Waals surface area contributed by atoms with Gasteiger partial charge < -0.3 is 4.74 Å². The zero-order valence-corrected chi connectivity index (χ0v) is 10.6. The molecule has 0 heterocycles. The highest BCUT2D eigenvalue weighted by Gasteiger charge is 2.34. The van der Waals surface area contributed by atoms with E-state index in [0.717, 1.165) is 0 Å². The second-order valence-corrected chi connectivity index (χ2v) is 4.15. The summed E-state index contributed by atoms with van der Waals surface area (Å²) >= 11 is 0. The minimum absolute atomic E-state index is 0.0938. The number of benzene rings is 2. The SMILES string of the molecule is CC(=O)c1cccc(-c2ccccc2)c1OC(F)(F)F. The van der Waals surface area contributed by atoms with E-state index in [1.165, 1.54) is 25.1 Å². The molecule has 20 heavy (non-hydrogen) atoms. The standard InChI is InChI=1S/C15H11F3O2/c1-10(19)12-8-5-9-13(11-6-3-2-4-7-11)14(12)20-15(16,17)18/h2-9H,1H3. The lowest BCUT2D eigenvalue weighted by Crippen LogP contribution is -2.19. The lowest BCUT2D eigenvalue weighted by molar-refractivity contribution is -0.274. The van der Waals surface area contributed by atoms with Gasteiger partial charge in [-0.2, -0.15) is 0 Å². The predicted molar refractivity (Wildman–Crippen MR) is 68.6 cm³/mol. The third kappa shape index (κ3) is 3.17. The Morgan fingerprint density at radius 3 is 2.20 bits per heavy atom. The zero-order valence-electron chi connectivity index (χ0n) is 10.6. The van der Waals surface area contributed by atoms with Crippen molar-refractivity contribution in [1.29, 1.82) is 0 Å². The van der Waals surface area contributed by atoms with Crippen LogP contribution in [0.2, 0.25) is 0 Å². The second-order valence-electron chi connectivity index (χ2n) is 4.15. The quantitative estimate of drug-likeness (QED) is 0.776. The van der Waals surface area contributed by atoms with Gasteiger partial charge in [0.2, 0.25) is 0 Å². The monoisotopic (exact) mass is 280 g/mol. The van der Waals surface area contributed by atoms with Crippen LogP contribution in [0.1, 0.15) is 17.3 Å². The molecule has 0 radical (unpaired) electrons. The largest absolute Gasteiger partial charge is 0.573 e. The highest BCUT2D eigenvalue weighted by Crippen LogP contribution is 2.36. The zero-order chi connectivity index (χ0) is 14.8. The third-order valence-electron chi connectivity index (χ3n) is 2.70. The summed E-state index contributed by atoms with van der Waals surface area (Å²) in [7, 11) is 0. The number of ketones is 1. The smallest absolute Gasteiger partial charge is 0.404 e. The maximum atomic E-state index is 12.5. The summed E-state index contributed by atoms with van der Waals surface area (Å²) in [5.74, 6) is -0.944. The first-order valence-corrected chi connectivity index (χ1v) is 5.83. The van der Waals surface area contributed by atoms with Crippen molar-refractivity contribution >= 4 is 5.78 Å². The molecule has 2 aromatic carbocycles. The van der Waals surface area contributed by atoms with Gasteiger partial charge in [0, 0.05) is 5.56 Å². The first-order valence-electron chi connectivity index (χ1n) is 5.83. The van der Waals surface area contributed by atoms with Crippen LogP contribution in [0.4, 0.5) is 13.2 Å². The number of halogens is 3. The molecular formula is C15H11F3O2. The number of rotatable bonds is 3. The summed E-state index contributed by atoms with van der Waals surface area (Å²) in [6.45, 7) is 1.20. The van der Waals surface area contributed by atoms with Crippen molar-refractivity contribution in [2.45, 2.75) is 13.3 Å². The van der Waals surface area contributed by atoms with Crippen LogP contribution >= 0.6 is 0 Å². The Labute approximate surface area is 113 Å². The first-order chi connectivity index (χ1) is 9.38.